The Morgan fingerprint density at radius 2 is 2.05 bits per heavy atom. The second-order valence-corrected chi connectivity index (χ2v) is 6.28. The standard InChI is InChI=1S/C10H8IN3O4S/c11-7-3-1-2-4-8(7)14-19(17,18)9-6(10(15)16)5-12-13-9/h1-5,14H,(H,12,13)(H,15,16). The molecule has 100 valence electrons. The minimum Gasteiger partial charge on any atom is -0.478 e. The number of carboxylic acids is 1. The maximum Gasteiger partial charge on any atom is 0.340 e. The van der Waals surface area contributed by atoms with E-state index in [9.17, 15) is 13.2 Å². The third-order valence-electron chi connectivity index (χ3n) is 2.22. The Labute approximate surface area is 122 Å². The molecule has 0 fully saturated rings. The maximum atomic E-state index is 12.1. The largest absolute Gasteiger partial charge is 0.478 e. The lowest BCUT2D eigenvalue weighted by molar-refractivity contribution is 0.0692. The number of H-pyrrole nitrogens is 1. The number of rotatable bonds is 4. The number of hydrogen-bond donors (Lipinski definition) is 3. The van der Waals surface area contributed by atoms with E-state index in [1.165, 1.54) is 0 Å². The van der Waals surface area contributed by atoms with E-state index >= 15 is 0 Å². The van der Waals surface area contributed by atoms with Gasteiger partial charge in [-0.3, -0.25) is 9.82 Å². The summed E-state index contributed by atoms with van der Waals surface area (Å²) in [5, 5.41) is 14.0. The van der Waals surface area contributed by atoms with Crippen molar-refractivity contribution in [3.8, 4) is 0 Å². The van der Waals surface area contributed by atoms with E-state index in [-0.39, 0.29) is 0 Å². The number of carboxylic acid groups (broad SMARTS) is 1. The van der Waals surface area contributed by atoms with Gasteiger partial charge in [-0.1, -0.05) is 12.1 Å². The molecule has 0 saturated carbocycles. The van der Waals surface area contributed by atoms with Crippen LogP contribution in [0.25, 0.3) is 0 Å². The van der Waals surface area contributed by atoms with Crippen LogP contribution in [0.3, 0.4) is 0 Å². The van der Waals surface area contributed by atoms with Crippen molar-refractivity contribution in [2.24, 2.45) is 0 Å². The second-order valence-electron chi connectivity index (χ2n) is 3.50. The van der Waals surface area contributed by atoms with Gasteiger partial charge in [0.15, 0.2) is 5.03 Å². The molecule has 0 bridgehead atoms. The monoisotopic (exact) mass is 393 g/mol. The van der Waals surface area contributed by atoms with Gasteiger partial charge in [0.05, 0.1) is 11.9 Å². The maximum absolute atomic E-state index is 12.1. The molecule has 7 nitrogen and oxygen atoms in total. The Balaban J connectivity index is 2.41. The summed E-state index contributed by atoms with van der Waals surface area (Å²) in [4.78, 5) is 10.9. The van der Waals surface area contributed by atoms with E-state index < -0.39 is 26.6 Å². The average Bonchev–Trinajstić information content (AvgIpc) is 2.82. The van der Waals surface area contributed by atoms with Crippen molar-refractivity contribution >= 4 is 44.3 Å². The number of halogens is 1. The average molecular weight is 393 g/mol. The molecule has 1 aromatic heterocycles. The zero-order valence-electron chi connectivity index (χ0n) is 9.29. The predicted octanol–water partition coefficient (Wildman–Crippen LogP) is 1.51. The molecule has 0 aliphatic heterocycles. The quantitative estimate of drug-likeness (QED) is 0.682. The van der Waals surface area contributed by atoms with Crippen molar-refractivity contribution < 1.29 is 18.3 Å². The van der Waals surface area contributed by atoms with Crippen LogP contribution in [0.4, 0.5) is 5.69 Å². The topological polar surface area (TPSA) is 112 Å². The minimum absolute atomic E-state index is 0.369. The van der Waals surface area contributed by atoms with Gasteiger partial charge < -0.3 is 5.11 Å². The molecule has 3 N–H and O–H groups in total. The van der Waals surface area contributed by atoms with Crippen LogP contribution in [0.5, 0.6) is 0 Å². The van der Waals surface area contributed by atoms with Crippen molar-refractivity contribution in [3.05, 3.63) is 39.6 Å². The first kappa shape index (κ1) is 13.8. The number of aromatic carboxylic acids is 1. The molecule has 0 saturated heterocycles. The molecule has 2 rings (SSSR count). The molecule has 0 aliphatic carbocycles. The van der Waals surface area contributed by atoms with Gasteiger partial charge in [-0.25, -0.2) is 4.79 Å². The van der Waals surface area contributed by atoms with E-state index in [4.69, 9.17) is 5.11 Å². The highest BCUT2D eigenvalue weighted by molar-refractivity contribution is 14.1. The Morgan fingerprint density at radius 1 is 1.37 bits per heavy atom. The summed E-state index contributed by atoms with van der Waals surface area (Å²) >= 11 is 1.97. The van der Waals surface area contributed by atoms with E-state index in [1.54, 1.807) is 24.3 Å². The summed E-state index contributed by atoms with van der Waals surface area (Å²) in [7, 11) is -4.02. The van der Waals surface area contributed by atoms with Crippen LogP contribution in [0.2, 0.25) is 0 Å². The van der Waals surface area contributed by atoms with Crippen molar-refractivity contribution in [1.29, 1.82) is 0 Å². The van der Waals surface area contributed by atoms with Gasteiger partial charge in [-0.05, 0) is 34.7 Å². The number of nitrogens with zero attached hydrogens (tertiary/aromatic N) is 1. The number of sulfonamides is 1. The molecule has 1 aromatic carbocycles. The lowest BCUT2D eigenvalue weighted by Crippen LogP contribution is -2.17. The Hall–Kier alpha value is -1.62. The molecule has 1 heterocycles. The summed E-state index contributed by atoms with van der Waals surface area (Å²) in [5.74, 6) is -1.36. The second kappa shape index (κ2) is 5.17. The van der Waals surface area contributed by atoms with Crippen LogP contribution in [0.15, 0.2) is 35.5 Å². The van der Waals surface area contributed by atoms with E-state index in [0.29, 0.717) is 9.26 Å². The molecule has 0 aliphatic rings. The van der Waals surface area contributed by atoms with Crippen molar-refractivity contribution in [2.75, 3.05) is 4.72 Å². The first-order valence-corrected chi connectivity index (χ1v) is 7.52. The number of para-hydroxylation sites is 1. The molecular formula is C10H8IN3O4S. The third kappa shape index (κ3) is 2.87. The van der Waals surface area contributed by atoms with Gasteiger partial charge >= 0.3 is 5.97 Å². The van der Waals surface area contributed by atoms with E-state index in [0.717, 1.165) is 6.20 Å². The number of aromatic amines is 1. The fourth-order valence-electron chi connectivity index (χ4n) is 1.37. The number of anilines is 1. The minimum atomic E-state index is -4.02. The number of nitrogens with one attached hydrogen (secondary N) is 2. The van der Waals surface area contributed by atoms with Gasteiger partial charge in [0.2, 0.25) is 0 Å². The van der Waals surface area contributed by atoms with Gasteiger partial charge in [0.25, 0.3) is 10.0 Å². The lowest BCUT2D eigenvalue weighted by atomic mass is 10.3. The number of aromatic nitrogens is 2. The highest BCUT2D eigenvalue weighted by Crippen LogP contribution is 2.21. The highest BCUT2D eigenvalue weighted by Gasteiger charge is 2.25. The van der Waals surface area contributed by atoms with Crippen LogP contribution >= 0.6 is 22.6 Å². The van der Waals surface area contributed by atoms with E-state index in [2.05, 4.69) is 14.9 Å². The summed E-state index contributed by atoms with van der Waals surface area (Å²) < 4.78 is 27.2. The van der Waals surface area contributed by atoms with Crippen LogP contribution in [-0.4, -0.2) is 29.7 Å². The SMILES string of the molecule is O=C(O)c1cn[nH]c1S(=O)(=O)Nc1ccccc1I. The van der Waals surface area contributed by atoms with Gasteiger partial charge in [-0.15, -0.1) is 0 Å². The molecular weight excluding hydrogens is 385 g/mol. The first-order chi connectivity index (χ1) is 8.92. The Morgan fingerprint density at radius 3 is 2.68 bits per heavy atom. The van der Waals surface area contributed by atoms with Crippen molar-refractivity contribution in [3.63, 3.8) is 0 Å². The molecule has 0 atom stereocenters. The van der Waals surface area contributed by atoms with Crippen molar-refractivity contribution in [2.45, 2.75) is 5.03 Å². The molecule has 0 spiro atoms. The smallest absolute Gasteiger partial charge is 0.340 e. The molecule has 2 aromatic rings. The third-order valence-corrected chi connectivity index (χ3v) is 4.50. The normalized spacial score (nSPS) is 11.2. The zero-order chi connectivity index (χ0) is 14.0. The Kier molecular flexibility index (Phi) is 3.75. The van der Waals surface area contributed by atoms with Crippen molar-refractivity contribution in [1.82, 2.24) is 10.2 Å². The van der Waals surface area contributed by atoms with Gasteiger partial charge in [0.1, 0.15) is 5.56 Å². The molecule has 0 radical (unpaired) electrons. The first-order valence-electron chi connectivity index (χ1n) is 4.96. The van der Waals surface area contributed by atoms with E-state index in [1.807, 2.05) is 22.6 Å². The molecule has 0 unspecified atom stereocenters. The number of hydrogen-bond acceptors (Lipinski definition) is 4. The Bertz CT molecular complexity index is 726. The summed E-state index contributed by atoms with van der Waals surface area (Å²) in [6.07, 6.45) is 0.951. The molecule has 19 heavy (non-hydrogen) atoms. The fraction of sp³-hybridized carbons (Fsp3) is 0. The summed E-state index contributed by atoms with van der Waals surface area (Å²) in [6.45, 7) is 0. The fourth-order valence-corrected chi connectivity index (χ4v) is 3.25. The molecule has 0 amide bonds. The highest BCUT2D eigenvalue weighted by atomic mass is 127. The predicted molar refractivity (Wildman–Crippen MR) is 75.5 cm³/mol. The van der Waals surface area contributed by atoms with Gasteiger partial charge in [-0.2, -0.15) is 13.5 Å². The lowest BCUT2D eigenvalue weighted by Gasteiger charge is -2.08. The summed E-state index contributed by atoms with van der Waals surface area (Å²) in [6, 6.07) is 6.74. The summed E-state index contributed by atoms with van der Waals surface area (Å²) in [5.41, 5.74) is -0.0347. The zero-order valence-corrected chi connectivity index (χ0v) is 12.3. The molecule has 9 heteroatoms. The van der Waals surface area contributed by atoms with Crippen LogP contribution in [0.1, 0.15) is 10.4 Å². The number of benzene rings is 1. The van der Waals surface area contributed by atoms with Crippen LogP contribution < -0.4 is 4.72 Å². The number of carbonyl (C=O) groups is 1. The van der Waals surface area contributed by atoms with Crippen LogP contribution in [-0.2, 0) is 10.0 Å². The van der Waals surface area contributed by atoms with Crippen LogP contribution in [0, 0.1) is 3.57 Å². The van der Waals surface area contributed by atoms with Gasteiger partial charge in [0, 0.05) is 3.57 Å².